The highest BCUT2D eigenvalue weighted by atomic mass is 16.3. The van der Waals surface area contributed by atoms with Crippen LogP contribution in [0.15, 0.2) is 12.1 Å². The van der Waals surface area contributed by atoms with Gasteiger partial charge in [0.15, 0.2) is 0 Å². The zero-order valence-electron chi connectivity index (χ0n) is 16.6. The van der Waals surface area contributed by atoms with Crippen LogP contribution in [0.4, 0.5) is 0 Å². The standard InChI is InChI=1S/C22H38O2/c1-7-9-18-14-20(17(6)13-21(18)23)12-16(5)11-19(10-8-2)22(24)15(3)4/h13-16,19,22-24H,7-12H2,1-6H3. The molecule has 1 aromatic rings. The van der Waals surface area contributed by atoms with Gasteiger partial charge in [0, 0.05) is 0 Å². The van der Waals surface area contributed by atoms with Crippen molar-refractivity contribution in [2.24, 2.45) is 17.8 Å². The van der Waals surface area contributed by atoms with E-state index >= 15 is 0 Å². The van der Waals surface area contributed by atoms with Crippen LogP contribution in [-0.2, 0) is 12.8 Å². The summed E-state index contributed by atoms with van der Waals surface area (Å²) in [7, 11) is 0. The van der Waals surface area contributed by atoms with E-state index in [-0.39, 0.29) is 6.10 Å². The van der Waals surface area contributed by atoms with Crippen molar-refractivity contribution in [1.29, 1.82) is 0 Å². The summed E-state index contributed by atoms with van der Waals surface area (Å²) in [5.41, 5.74) is 3.59. The molecule has 0 fully saturated rings. The van der Waals surface area contributed by atoms with Crippen LogP contribution in [-0.4, -0.2) is 16.3 Å². The number of aryl methyl sites for hydroxylation is 2. The first kappa shape index (κ1) is 21.0. The molecule has 1 aromatic carbocycles. The molecule has 0 aliphatic heterocycles. The zero-order chi connectivity index (χ0) is 18.3. The highest BCUT2D eigenvalue weighted by molar-refractivity contribution is 5.41. The molecule has 0 saturated carbocycles. The van der Waals surface area contributed by atoms with Crippen molar-refractivity contribution in [3.63, 3.8) is 0 Å². The maximum absolute atomic E-state index is 10.5. The van der Waals surface area contributed by atoms with Crippen LogP contribution in [0, 0.1) is 24.7 Å². The Morgan fingerprint density at radius 3 is 2.21 bits per heavy atom. The molecule has 3 atom stereocenters. The monoisotopic (exact) mass is 334 g/mol. The third-order valence-corrected chi connectivity index (χ3v) is 5.16. The van der Waals surface area contributed by atoms with Gasteiger partial charge >= 0.3 is 0 Å². The molecule has 3 unspecified atom stereocenters. The fourth-order valence-corrected chi connectivity index (χ4v) is 3.80. The second-order valence-corrected chi connectivity index (χ2v) is 7.99. The van der Waals surface area contributed by atoms with Crippen LogP contribution in [0.25, 0.3) is 0 Å². The summed E-state index contributed by atoms with van der Waals surface area (Å²) in [6, 6.07) is 4.11. The third kappa shape index (κ3) is 6.12. The molecule has 0 aromatic heterocycles. The largest absolute Gasteiger partial charge is 0.508 e. The van der Waals surface area contributed by atoms with Crippen molar-refractivity contribution in [2.75, 3.05) is 0 Å². The van der Waals surface area contributed by atoms with E-state index in [4.69, 9.17) is 0 Å². The van der Waals surface area contributed by atoms with Crippen molar-refractivity contribution in [1.82, 2.24) is 0 Å². The summed E-state index contributed by atoms with van der Waals surface area (Å²) in [4.78, 5) is 0. The molecule has 24 heavy (non-hydrogen) atoms. The Hall–Kier alpha value is -1.02. The Bertz CT molecular complexity index is 493. The number of aliphatic hydroxyl groups is 1. The second-order valence-electron chi connectivity index (χ2n) is 7.99. The number of rotatable bonds is 10. The Labute approximate surface area is 149 Å². The molecule has 2 heteroatoms. The maximum Gasteiger partial charge on any atom is 0.119 e. The zero-order valence-corrected chi connectivity index (χ0v) is 16.6. The van der Waals surface area contributed by atoms with Crippen LogP contribution in [0.5, 0.6) is 5.75 Å². The topological polar surface area (TPSA) is 40.5 Å². The SMILES string of the molecule is CCCc1cc(CC(C)CC(CCC)C(O)C(C)C)c(C)cc1O. The Morgan fingerprint density at radius 2 is 1.67 bits per heavy atom. The van der Waals surface area contributed by atoms with Gasteiger partial charge in [0.25, 0.3) is 0 Å². The number of phenolic OH excluding ortho intramolecular Hbond substituents is 1. The predicted molar refractivity (Wildman–Crippen MR) is 104 cm³/mol. The minimum atomic E-state index is -0.205. The van der Waals surface area contributed by atoms with E-state index in [0.29, 0.717) is 23.5 Å². The average molecular weight is 335 g/mol. The lowest BCUT2D eigenvalue weighted by Crippen LogP contribution is -2.28. The highest BCUT2D eigenvalue weighted by Crippen LogP contribution is 2.30. The first-order valence-electron chi connectivity index (χ1n) is 9.79. The highest BCUT2D eigenvalue weighted by Gasteiger charge is 2.23. The van der Waals surface area contributed by atoms with Crippen molar-refractivity contribution in [3.8, 4) is 5.75 Å². The van der Waals surface area contributed by atoms with Crippen molar-refractivity contribution in [3.05, 3.63) is 28.8 Å². The number of aliphatic hydroxyl groups excluding tert-OH is 1. The lowest BCUT2D eigenvalue weighted by atomic mass is 9.81. The summed E-state index contributed by atoms with van der Waals surface area (Å²) in [6.07, 6.45) is 6.08. The van der Waals surface area contributed by atoms with E-state index in [9.17, 15) is 10.2 Å². The Kier molecular flexibility index (Phi) is 8.83. The molecule has 0 aliphatic rings. The number of hydrogen-bond donors (Lipinski definition) is 2. The molecule has 1 rings (SSSR count). The summed E-state index contributed by atoms with van der Waals surface area (Å²) in [5.74, 6) is 1.68. The van der Waals surface area contributed by atoms with Crippen LogP contribution in [0.2, 0.25) is 0 Å². The number of phenols is 1. The fraction of sp³-hybridized carbons (Fsp3) is 0.727. The predicted octanol–water partition coefficient (Wildman–Crippen LogP) is 5.66. The molecule has 0 heterocycles. The molecule has 0 spiro atoms. The van der Waals surface area contributed by atoms with Crippen LogP contribution >= 0.6 is 0 Å². The summed E-state index contributed by atoms with van der Waals surface area (Å²) < 4.78 is 0. The summed E-state index contributed by atoms with van der Waals surface area (Å²) in [5, 5.41) is 20.6. The van der Waals surface area contributed by atoms with Gasteiger partial charge in [0.05, 0.1) is 6.10 Å². The average Bonchev–Trinajstić information content (AvgIpc) is 2.50. The first-order valence-corrected chi connectivity index (χ1v) is 9.79. The summed E-state index contributed by atoms with van der Waals surface area (Å²) >= 11 is 0. The van der Waals surface area contributed by atoms with Crippen molar-refractivity contribution >= 4 is 0 Å². The lowest BCUT2D eigenvalue weighted by Gasteiger charge is -2.28. The third-order valence-electron chi connectivity index (χ3n) is 5.16. The molecular formula is C22H38O2. The van der Waals surface area contributed by atoms with Crippen molar-refractivity contribution < 1.29 is 10.2 Å². The molecule has 138 valence electrons. The molecule has 0 radical (unpaired) electrons. The van der Waals surface area contributed by atoms with E-state index in [1.165, 1.54) is 11.1 Å². The van der Waals surface area contributed by atoms with Gasteiger partial charge in [-0.1, -0.05) is 53.5 Å². The van der Waals surface area contributed by atoms with Crippen LogP contribution < -0.4 is 0 Å². The molecule has 0 bridgehead atoms. The van der Waals surface area contributed by atoms with E-state index in [1.807, 2.05) is 6.07 Å². The van der Waals surface area contributed by atoms with E-state index in [2.05, 4.69) is 47.6 Å². The molecule has 0 amide bonds. The number of hydrogen-bond acceptors (Lipinski definition) is 2. The molecule has 0 aliphatic carbocycles. The van der Waals surface area contributed by atoms with Crippen LogP contribution in [0.1, 0.15) is 77.0 Å². The van der Waals surface area contributed by atoms with Gasteiger partial charge in [-0.15, -0.1) is 0 Å². The van der Waals surface area contributed by atoms with Crippen molar-refractivity contribution in [2.45, 2.75) is 86.2 Å². The number of aromatic hydroxyl groups is 1. The molecule has 2 nitrogen and oxygen atoms in total. The van der Waals surface area contributed by atoms with Gasteiger partial charge in [0.2, 0.25) is 0 Å². The van der Waals surface area contributed by atoms with Crippen LogP contribution in [0.3, 0.4) is 0 Å². The van der Waals surface area contributed by atoms with E-state index in [1.54, 1.807) is 0 Å². The van der Waals surface area contributed by atoms with Gasteiger partial charge in [-0.2, -0.15) is 0 Å². The quantitative estimate of drug-likeness (QED) is 0.580. The molecule has 0 saturated heterocycles. The first-order chi connectivity index (χ1) is 11.3. The van der Waals surface area contributed by atoms with Gasteiger partial charge < -0.3 is 10.2 Å². The van der Waals surface area contributed by atoms with Gasteiger partial charge in [-0.05, 0) is 73.1 Å². The Morgan fingerprint density at radius 1 is 1.00 bits per heavy atom. The minimum Gasteiger partial charge on any atom is -0.508 e. The minimum absolute atomic E-state index is 0.205. The van der Waals surface area contributed by atoms with Gasteiger partial charge in [-0.3, -0.25) is 0 Å². The second kappa shape index (κ2) is 10.1. The van der Waals surface area contributed by atoms with E-state index in [0.717, 1.165) is 44.1 Å². The van der Waals surface area contributed by atoms with E-state index < -0.39 is 0 Å². The lowest BCUT2D eigenvalue weighted by molar-refractivity contribution is 0.0485. The Balaban J connectivity index is 2.82. The normalized spacial score (nSPS) is 15.5. The van der Waals surface area contributed by atoms with Gasteiger partial charge in [0.1, 0.15) is 5.75 Å². The molecule has 2 N–H and O–H groups in total. The molecular weight excluding hydrogens is 296 g/mol. The fourth-order valence-electron chi connectivity index (χ4n) is 3.80. The summed E-state index contributed by atoms with van der Waals surface area (Å²) in [6.45, 7) is 12.9. The smallest absolute Gasteiger partial charge is 0.119 e. The number of benzene rings is 1. The maximum atomic E-state index is 10.5. The van der Waals surface area contributed by atoms with Gasteiger partial charge in [-0.25, -0.2) is 0 Å².